The zero-order valence-electron chi connectivity index (χ0n) is 13.1. The molecule has 0 atom stereocenters. The Bertz CT molecular complexity index is 901. The summed E-state index contributed by atoms with van der Waals surface area (Å²) in [5.41, 5.74) is 1.90. The van der Waals surface area contributed by atoms with Crippen molar-refractivity contribution in [3.63, 3.8) is 0 Å². The van der Waals surface area contributed by atoms with Crippen molar-refractivity contribution in [1.29, 1.82) is 0 Å². The van der Waals surface area contributed by atoms with Crippen LogP contribution in [0.4, 0.5) is 9.18 Å². The molecule has 3 heterocycles. The van der Waals surface area contributed by atoms with E-state index in [1.165, 1.54) is 12.1 Å². The topological polar surface area (TPSA) is 62.5 Å². The quantitative estimate of drug-likeness (QED) is 0.777. The lowest BCUT2D eigenvalue weighted by atomic mass is 10.2. The van der Waals surface area contributed by atoms with Crippen molar-refractivity contribution >= 4 is 22.3 Å². The summed E-state index contributed by atoms with van der Waals surface area (Å²) in [6.45, 7) is 3.78. The monoisotopic (exact) mass is 345 g/mol. The van der Waals surface area contributed by atoms with Crippen LogP contribution in [0.3, 0.4) is 0 Å². The minimum atomic E-state index is -0.275. The number of thiazole rings is 1. The van der Waals surface area contributed by atoms with Crippen molar-refractivity contribution in [2.24, 2.45) is 0 Å². The van der Waals surface area contributed by atoms with Crippen LogP contribution in [-0.4, -0.2) is 38.6 Å². The van der Waals surface area contributed by atoms with Gasteiger partial charge in [-0.3, -0.25) is 0 Å². The maximum absolute atomic E-state index is 13.0. The summed E-state index contributed by atoms with van der Waals surface area (Å²) in [6.07, 6.45) is 0.749. The second kappa shape index (κ2) is 5.86. The van der Waals surface area contributed by atoms with Gasteiger partial charge in [-0.15, -0.1) is 5.10 Å². The summed E-state index contributed by atoms with van der Waals surface area (Å²) in [6, 6.07) is 6.14. The Morgan fingerprint density at radius 3 is 2.92 bits per heavy atom. The zero-order valence-corrected chi connectivity index (χ0v) is 13.9. The molecule has 1 aliphatic rings. The Labute approximate surface area is 141 Å². The molecule has 0 bridgehead atoms. The fraction of sp³-hybridized carbons (Fsp3) is 0.312. The number of halogens is 1. The van der Waals surface area contributed by atoms with Crippen LogP contribution < -0.4 is 5.32 Å². The van der Waals surface area contributed by atoms with Gasteiger partial charge >= 0.3 is 6.03 Å². The van der Waals surface area contributed by atoms with Gasteiger partial charge in [-0.1, -0.05) is 11.3 Å². The predicted octanol–water partition coefficient (Wildman–Crippen LogP) is 2.68. The molecule has 24 heavy (non-hydrogen) atoms. The number of benzene rings is 1. The Hall–Kier alpha value is -2.48. The number of aromatic nitrogens is 3. The molecule has 6 nitrogen and oxygen atoms in total. The van der Waals surface area contributed by atoms with Crippen LogP contribution in [0, 0.1) is 5.82 Å². The van der Waals surface area contributed by atoms with Crippen molar-refractivity contribution in [2.75, 3.05) is 13.1 Å². The molecule has 2 amide bonds. The average Bonchev–Trinajstić information content (AvgIpc) is 3.12. The van der Waals surface area contributed by atoms with Crippen molar-refractivity contribution in [1.82, 2.24) is 24.8 Å². The zero-order chi connectivity index (χ0) is 16.7. The number of hydrogen-bond donors (Lipinski definition) is 1. The van der Waals surface area contributed by atoms with Gasteiger partial charge in [0.1, 0.15) is 5.82 Å². The van der Waals surface area contributed by atoms with Crippen LogP contribution in [-0.2, 0) is 13.0 Å². The molecule has 1 aromatic carbocycles. The van der Waals surface area contributed by atoms with Crippen LogP contribution >= 0.6 is 11.3 Å². The molecule has 8 heteroatoms. The predicted molar refractivity (Wildman–Crippen MR) is 89.4 cm³/mol. The largest absolute Gasteiger partial charge is 0.338 e. The minimum absolute atomic E-state index is 0.0332. The highest BCUT2D eigenvalue weighted by Crippen LogP contribution is 2.29. The van der Waals surface area contributed by atoms with E-state index >= 15 is 0 Å². The summed E-state index contributed by atoms with van der Waals surface area (Å²) in [5, 5.41) is 7.40. The summed E-state index contributed by atoms with van der Waals surface area (Å²) in [7, 11) is 0. The van der Waals surface area contributed by atoms with Gasteiger partial charge in [-0.05, 0) is 31.2 Å². The second-order valence-electron chi connectivity index (χ2n) is 5.62. The van der Waals surface area contributed by atoms with E-state index in [4.69, 9.17) is 0 Å². The molecule has 1 N–H and O–H groups in total. The van der Waals surface area contributed by atoms with Crippen molar-refractivity contribution in [3.8, 4) is 11.4 Å². The van der Waals surface area contributed by atoms with Gasteiger partial charge in [0.15, 0.2) is 5.82 Å². The van der Waals surface area contributed by atoms with Crippen LogP contribution in [0.5, 0.6) is 0 Å². The average molecular weight is 345 g/mol. The third kappa shape index (κ3) is 2.52. The van der Waals surface area contributed by atoms with Gasteiger partial charge in [-0.2, -0.15) is 4.98 Å². The van der Waals surface area contributed by atoms with E-state index in [2.05, 4.69) is 15.4 Å². The van der Waals surface area contributed by atoms with E-state index < -0.39 is 0 Å². The number of rotatable bonds is 2. The molecule has 0 saturated heterocycles. The Morgan fingerprint density at radius 2 is 2.17 bits per heavy atom. The van der Waals surface area contributed by atoms with Gasteiger partial charge in [0.25, 0.3) is 0 Å². The number of hydrogen-bond acceptors (Lipinski definition) is 4. The SMILES string of the molecule is CCNC(=O)N1CCc2c(sc3nc(-c4ccc(F)cc4)nn23)C1. The van der Waals surface area contributed by atoms with Gasteiger partial charge in [-0.25, -0.2) is 13.7 Å². The van der Waals surface area contributed by atoms with Crippen molar-refractivity contribution in [2.45, 2.75) is 19.9 Å². The molecular formula is C16H16FN5OS. The summed E-state index contributed by atoms with van der Waals surface area (Å²) in [4.78, 5) is 20.3. The number of nitrogens with zero attached hydrogens (tertiary/aromatic N) is 4. The third-order valence-electron chi connectivity index (χ3n) is 4.04. The highest BCUT2D eigenvalue weighted by Gasteiger charge is 2.26. The van der Waals surface area contributed by atoms with Crippen molar-refractivity contribution < 1.29 is 9.18 Å². The number of carbonyl (C=O) groups is 1. The standard InChI is InChI=1S/C16H16FN5OS/c1-2-18-15(23)21-8-7-12-13(9-21)24-16-19-14(20-22(12)16)10-3-5-11(17)6-4-10/h3-6H,2,7-9H2,1H3,(H,18,23). The molecule has 0 aliphatic carbocycles. The van der Waals surface area contributed by atoms with Crippen LogP contribution in [0.2, 0.25) is 0 Å². The summed E-state index contributed by atoms with van der Waals surface area (Å²) >= 11 is 1.55. The number of amides is 2. The molecule has 2 aromatic heterocycles. The van der Waals surface area contributed by atoms with Crippen LogP contribution in [0.25, 0.3) is 16.3 Å². The Kier molecular flexibility index (Phi) is 3.68. The van der Waals surface area contributed by atoms with Gasteiger partial charge in [0, 0.05) is 30.0 Å². The highest BCUT2D eigenvalue weighted by atomic mass is 32.1. The Morgan fingerprint density at radius 1 is 1.38 bits per heavy atom. The fourth-order valence-corrected chi connectivity index (χ4v) is 3.96. The van der Waals surface area contributed by atoms with E-state index in [0.717, 1.165) is 27.5 Å². The first kappa shape index (κ1) is 15.1. The van der Waals surface area contributed by atoms with Gasteiger partial charge in [0.05, 0.1) is 12.2 Å². The van der Waals surface area contributed by atoms with Crippen molar-refractivity contribution in [3.05, 3.63) is 40.7 Å². The molecule has 3 aromatic rings. The highest BCUT2D eigenvalue weighted by molar-refractivity contribution is 7.17. The van der Waals surface area contributed by atoms with E-state index in [-0.39, 0.29) is 11.8 Å². The van der Waals surface area contributed by atoms with E-state index in [1.807, 2.05) is 16.3 Å². The van der Waals surface area contributed by atoms with Gasteiger partial charge < -0.3 is 10.2 Å². The van der Waals surface area contributed by atoms with Gasteiger partial charge in [0.2, 0.25) is 4.96 Å². The maximum Gasteiger partial charge on any atom is 0.317 e. The van der Waals surface area contributed by atoms with Crippen LogP contribution in [0.15, 0.2) is 24.3 Å². The molecule has 0 radical (unpaired) electrons. The first-order chi connectivity index (χ1) is 11.7. The smallest absolute Gasteiger partial charge is 0.317 e. The number of nitrogens with one attached hydrogen (secondary N) is 1. The van der Waals surface area contributed by atoms with Crippen LogP contribution in [0.1, 0.15) is 17.5 Å². The first-order valence-corrected chi connectivity index (χ1v) is 8.63. The number of fused-ring (bicyclic) bond motifs is 3. The second-order valence-corrected chi connectivity index (χ2v) is 6.68. The lowest BCUT2D eigenvalue weighted by molar-refractivity contribution is 0.193. The molecule has 4 rings (SSSR count). The summed E-state index contributed by atoms with van der Waals surface area (Å²) < 4.78 is 14.9. The molecule has 0 fully saturated rings. The number of carbonyl (C=O) groups excluding carboxylic acids is 1. The maximum atomic E-state index is 13.0. The van der Waals surface area contributed by atoms with E-state index in [0.29, 0.717) is 25.5 Å². The molecule has 124 valence electrons. The summed E-state index contributed by atoms with van der Waals surface area (Å²) in [5.74, 6) is 0.317. The molecular weight excluding hydrogens is 329 g/mol. The molecule has 0 unspecified atom stereocenters. The number of urea groups is 1. The van der Waals surface area contributed by atoms with E-state index in [9.17, 15) is 9.18 Å². The lowest BCUT2D eigenvalue weighted by Crippen LogP contribution is -2.42. The Balaban J connectivity index is 1.64. The molecule has 0 spiro atoms. The molecule has 0 saturated carbocycles. The minimum Gasteiger partial charge on any atom is -0.338 e. The first-order valence-electron chi connectivity index (χ1n) is 7.81. The third-order valence-corrected chi connectivity index (χ3v) is 5.10. The van der Waals surface area contributed by atoms with E-state index in [1.54, 1.807) is 23.5 Å². The molecule has 1 aliphatic heterocycles. The lowest BCUT2D eigenvalue weighted by Gasteiger charge is -2.26. The fourth-order valence-electron chi connectivity index (χ4n) is 2.85. The normalized spacial score (nSPS) is 14.0.